The van der Waals surface area contributed by atoms with Gasteiger partial charge in [-0.15, -0.1) is 0 Å². The monoisotopic (exact) mass is 969 g/mol. The van der Waals surface area contributed by atoms with Crippen LogP contribution >= 0.6 is 0 Å². The van der Waals surface area contributed by atoms with Crippen LogP contribution in [-0.2, 0) is 38.0 Å². The molecule has 0 aliphatic carbocycles. The molecule has 2 saturated heterocycles. The smallest absolute Gasteiger partial charge is 0.306 e. The Balaban J connectivity index is 1.82. The fraction of sp³-hybridized carbons (Fsp3) is 0.811. The van der Waals surface area contributed by atoms with E-state index in [1.807, 2.05) is 0 Å². The quantitative estimate of drug-likeness (QED) is 0.0179. The molecule has 0 spiro atoms. The molecule has 15 heteroatoms. The van der Waals surface area contributed by atoms with Gasteiger partial charge < -0.3 is 64.2 Å². The summed E-state index contributed by atoms with van der Waals surface area (Å²) < 4.78 is 33.6. The zero-order chi connectivity index (χ0) is 49.6. The van der Waals surface area contributed by atoms with E-state index in [0.29, 0.717) is 12.8 Å². The molecule has 0 aromatic rings. The van der Waals surface area contributed by atoms with Crippen LogP contribution in [0.5, 0.6) is 0 Å². The molecule has 4 unspecified atom stereocenters. The van der Waals surface area contributed by atoms with Gasteiger partial charge in [0.1, 0.15) is 55.4 Å². The summed E-state index contributed by atoms with van der Waals surface area (Å²) in [7, 11) is 0. The van der Waals surface area contributed by atoms with Crippen molar-refractivity contribution < 1.29 is 73.8 Å². The Hall–Kier alpha value is -2.54. The van der Waals surface area contributed by atoms with E-state index >= 15 is 0 Å². The molecule has 68 heavy (non-hydrogen) atoms. The van der Waals surface area contributed by atoms with Crippen molar-refractivity contribution in [1.29, 1.82) is 0 Å². The number of carbonyl (C=O) groups excluding carboxylic acids is 2. The first-order chi connectivity index (χ1) is 33.0. The fourth-order valence-corrected chi connectivity index (χ4v) is 7.97. The van der Waals surface area contributed by atoms with Gasteiger partial charge in [-0.2, -0.15) is 0 Å². The van der Waals surface area contributed by atoms with Gasteiger partial charge in [0.05, 0.1) is 19.8 Å². The average molecular weight is 969 g/mol. The minimum absolute atomic E-state index is 0.160. The highest BCUT2D eigenvalue weighted by molar-refractivity contribution is 5.70. The van der Waals surface area contributed by atoms with Crippen LogP contribution in [0.4, 0.5) is 0 Å². The van der Waals surface area contributed by atoms with E-state index in [-0.39, 0.29) is 19.4 Å². The standard InChI is InChI=1S/C53H92O15/c1-3-5-7-9-11-13-15-17-19-20-22-23-25-27-29-31-33-35-44(55)63-38-41(66-45(56)36-34-32-30-28-26-24-21-18-16-14-12-10-8-6-4-2)39-64-52-51(62)49(60)47(58)43(68-52)40-65-53-50(61)48(59)46(57)42(37-54)67-53/h7,9,13,15,19-20,23,25,41-43,46-54,57-62H,3-6,8,10-12,14,16-18,21-22,24,26-40H2,1-2H3/b9-7+,15-13+,20-19+,25-23+/t41-,42+,43+,46-,47-,48?,49?,50?,51?,52+,53+/m0/s1. The van der Waals surface area contributed by atoms with Crippen molar-refractivity contribution in [2.24, 2.45) is 0 Å². The summed E-state index contributed by atoms with van der Waals surface area (Å²) >= 11 is 0. The molecule has 0 bridgehead atoms. The maximum absolute atomic E-state index is 13.0. The molecule has 0 saturated carbocycles. The van der Waals surface area contributed by atoms with E-state index in [4.69, 9.17) is 28.4 Å². The second kappa shape index (κ2) is 40.1. The predicted octanol–water partition coefficient (Wildman–Crippen LogP) is 7.49. The van der Waals surface area contributed by atoms with Crippen LogP contribution in [0.1, 0.15) is 181 Å². The lowest BCUT2D eigenvalue weighted by molar-refractivity contribution is -0.332. The summed E-state index contributed by atoms with van der Waals surface area (Å²) in [5, 5.41) is 72.1. The molecule has 2 aliphatic heterocycles. The summed E-state index contributed by atoms with van der Waals surface area (Å²) in [4.78, 5) is 25.8. The Morgan fingerprint density at radius 3 is 1.44 bits per heavy atom. The SMILES string of the molecule is CCC/C=C/C/C=C/C/C=C/C/C=C/CCCCCC(=O)OC[C@@H](CO[C@@H]1O[C@H](CO[C@@H]2O[C@H](CO)[C@H](O)C(O)C2O)[C@H](O)C(O)C1O)OC(=O)CCCCCCCCCCCCCCCCC. The highest BCUT2D eigenvalue weighted by Crippen LogP contribution is 2.26. The number of aliphatic hydroxyl groups is 7. The predicted molar refractivity (Wildman–Crippen MR) is 261 cm³/mol. The number of aliphatic hydroxyl groups excluding tert-OH is 7. The Morgan fingerprint density at radius 2 is 0.912 bits per heavy atom. The van der Waals surface area contributed by atoms with E-state index < -0.39 is 99.3 Å². The number of unbranched alkanes of at least 4 members (excludes halogenated alkanes) is 18. The van der Waals surface area contributed by atoms with Crippen LogP contribution in [0.3, 0.4) is 0 Å². The van der Waals surface area contributed by atoms with E-state index in [1.165, 1.54) is 77.0 Å². The van der Waals surface area contributed by atoms with Gasteiger partial charge in [0.15, 0.2) is 18.7 Å². The molecule has 2 fully saturated rings. The zero-order valence-corrected chi connectivity index (χ0v) is 41.6. The summed E-state index contributed by atoms with van der Waals surface area (Å²) in [6, 6.07) is 0. The number of esters is 2. The molecular formula is C53H92O15. The Bertz CT molecular complexity index is 1370. The Kier molecular flexibility index (Phi) is 36.3. The molecule has 0 aromatic carbocycles. The largest absolute Gasteiger partial charge is 0.462 e. The summed E-state index contributed by atoms with van der Waals surface area (Å²) in [6.07, 6.45) is 27.0. The van der Waals surface area contributed by atoms with Gasteiger partial charge in [-0.3, -0.25) is 9.59 Å². The maximum atomic E-state index is 13.0. The van der Waals surface area contributed by atoms with Gasteiger partial charge >= 0.3 is 11.9 Å². The number of rotatable bonds is 40. The Labute approximate surface area is 408 Å². The molecule has 11 atom stereocenters. The lowest BCUT2D eigenvalue weighted by atomic mass is 9.98. The van der Waals surface area contributed by atoms with E-state index in [2.05, 4.69) is 62.5 Å². The van der Waals surface area contributed by atoms with Crippen LogP contribution in [0.2, 0.25) is 0 Å². The van der Waals surface area contributed by atoms with Crippen molar-refractivity contribution in [3.63, 3.8) is 0 Å². The van der Waals surface area contributed by atoms with Crippen LogP contribution in [0.25, 0.3) is 0 Å². The van der Waals surface area contributed by atoms with Crippen LogP contribution in [0, 0.1) is 0 Å². The average Bonchev–Trinajstić information content (AvgIpc) is 3.33. The molecule has 0 aromatic heterocycles. The third-order valence-corrected chi connectivity index (χ3v) is 12.3. The molecule has 2 heterocycles. The normalized spacial score (nSPS) is 26.1. The molecule has 2 rings (SSSR count). The topological polar surface area (TPSA) is 231 Å². The van der Waals surface area contributed by atoms with Crippen molar-refractivity contribution in [2.45, 2.75) is 248 Å². The van der Waals surface area contributed by atoms with Crippen molar-refractivity contribution in [3.05, 3.63) is 48.6 Å². The van der Waals surface area contributed by atoms with Gasteiger partial charge in [-0.25, -0.2) is 0 Å². The van der Waals surface area contributed by atoms with Gasteiger partial charge in [0.2, 0.25) is 0 Å². The summed E-state index contributed by atoms with van der Waals surface area (Å²) in [6.45, 7) is 2.49. The van der Waals surface area contributed by atoms with Gasteiger partial charge in [0.25, 0.3) is 0 Å². The number of hydrogen-bond acceptors (Lipinski definition) is 15. The van der Waals surface area contributed by atoms with Gasteiger partial charge in [-0.1, -0.05) is 165 Å². The zero-order valence-electron chi connectivity index (χ0n) is 41.6. The molecule has 394 valence electrons. The summed E-state index contributed by atoms with van der Waals surface area (Å²) in [5.74, 6) is -0.958. The number of carbonyl (C=O) groups is 2. The van der Waals surface area contributed by atoms with Crippen molar-refractivity contribution in [2.75, 3.05) is 26.4 Å². The number of ether oxygens (including phenoxy) is 6. The minimum atomic E-state index is -1.77. The first-order valence-corrected chi connectivity index (χ1v) is 26.2. The van der Waals surface area contributed by atoms with Crippen molar-refractivity contribution >= 4 is 11.9 Å². The third-order valence-electron chi connectivity index (χ3n) is 12.3. The first kappa shape index (κ1) is 61.6. The van der Waals surface area contributed by atoms with Gasteiger partial charge in [-0.05, 0) is 51.4 Å². The van der Waals surface area contributed by atoms with Crippen molar-refractivity contribution in [3.8, 4) is 0 Å². The fourth-order valence-electron chi connectivity index (χ4n) is 7.97. The maximum Gasteiger partial charge on any atom is 0.306 e. The second-order valence-electron chi connectivity index (χ2n) is 18.4. The van der Waals surface area contributed by atoms with Crippen LogP contribution < -0.4 is 0 Å². The van der Waals surface area contributed by atoms with Crippen molar-refractivity contribution in [1.82, 2.24) is 0 Å². The van der Waals surface area contributed by atoms with E-state index in [0.717, 1.165) is 64.2 Å². The Morgan fingerprint density at radius 1 is 0.471 bits per heavy atom. The summed E-state index contributed by atoms with van der Waals surface area (Å²) in [5.41, 5.74) is 0. The highest BCUT2D eigenvalue weighted by Gasteiger charge is 2.47. The minimum Gasteiger partial charge on any atom is -0.462 e. The lowest BCUT2D eigenvalue weighted by Crippen LogP contribution is -2.61. The number of hydrogen-bond donors (Lipinski definition) is 7. The molecular weight excluding hydrogens is 877 g/mol. The van der Waals surface area contributed by atoms with Gasteiger partial charge in [0, 0.05) is 12.8 Å². The molecule has 7 N–H and O–H groups in total. The first-order valence-electron chi connectivity index (χ1n) is 26.2. The lowest BCUT2D eigenvalue weighted by Gasteiger charge is -2.42. The third kappa shape index (κ3) is 27.7. The van der Waals surface area contributed by atoms with E-state index in [9.17, 15) is 45.3 Å². The molecule has 2 aliphatic rings. The van der Waals surface area contributed by atoms with E-state index in [1.54, 1.807) is 0 Å². The molecule has 0 radical (unpaired) electrons. The second-order valence-corrected chi connectivity index (χ2v) is 18.4. The number of allylic oxidation sites excluding steroid dienone is 8. The van der Waals surface area contributed by atoms with Crippen LogP contribution in [-0.4, -0.2) is 142 Å². The molecule has 0 amide bonds. The molecule has 15 nitrogen and oxygen atoms in total. The van der Waals surface area contributed by atoms with Crippen LogP contribution in [0.15, 0.2) is 48.6 Å². The highest BCUT2D eigenvalue weighted by atomic mass is 16.7.